The number of rotatable bonds is 7. The van der Waals surface area contributed by atoms with Crippen molar-refractivity contribution in [3.8, 4) is 17.0 Å². The van der Waals surface area contributed by atoms with E-state index in [1.54, 1.807) is 30.7 Å². The van der Waals surface area contributed by atoms with Crippen LogP contribution in [0, 0.1) is 0 Å². The van der Waals surface area contributed by atoms with E-state index in [9.17, 15) is 4.79 Å². The average molecular weight is 457 g/mol. The number of halogens is 1. The van der Waals surface area contributed by atoms with Crippen LogP contribution in [0.1, 0.15) is 10.5 Å². The Labute approximate surface area is 192 Å². The predicted molar refractivity (Wildman–Crippen MR) is 124 cm³/mol. The zero-order chi connectivity index (χ0) is 21.5. The number of nitrogens with one attached hydrogen (secondary N) is 1. The number of pyridine rings is 1. The fourth-order valence-corrected chi connectivity index (χ4v) is 3.17. The standard InChI is InChI=1S/C22H24N6O3.ClH/c23-21-20(22(29)26-17-2-1-7-24-14-17)27-19(15-25-21)16-3-5-18(6-4-16)31-13-10-28-8-11-30-12-9-28;/h1-7,14-15H,8-13H2,(H2,23,25)(H,26,29);1H. The highest BCUT2D eigenvalue weighted by molar-refractivity contribution is 6.05. The normalized spacial score (nSPS) is 13.8. The summed E-state index contributed by atoms with van der Waals surface area (Å²) in [6, 6.07) is 11.0. The first kappa shape index (κ1) is 23.4. The minimum Gasteiger partial charge on any atom is -0.492 e. The predicted octanol–water partition coefficient (Wildman–Crippen LogP) is 2.51. The number of carbonyl (C=O) groups is 1. The summed E-state index contributed by atoms with van der Waals surface area (Å²) in [6.45, 7) is 4.91. The highest BCUT2D eigenvalue weighted by Gasteiger charge is 2.15. The minimum absolute atomic E-state index is 0. The second-order valence-electron chi connectivity index (χ2n) is 7.01. The second kappa shape index (κ2) is 11.4. The first-order valence-corrected chi connectivity index (χ1v) is 10.1. The summed E-state index contributed by atoms with van der Waals surface area (Å²) in [7, 11) is 0. The molecule has 0 spiro atoms. The van der Waals surface area contributed by atoms with Crippen molar-refractivity contribution in [1.82, 2.24) is 19.9 Å². The summed E-state index contributed by atoms with van der Waals surface area (Å²) in [6.07, 6.45) is 4.72. The summed E-state index contributed by atoms with van der Waals surface area (Å²) in [5.41, 5.74) is 7.85. The lowest BCUT2D eigenvalue weighted by atomic mass is 10.1. The molecule has 0 atom stereocenters. The van der Waals surface area contributed by atoms with Crippen LogP contribution in [0.3, 0.4) is 0 Å². The zero-order valence-electron chi connectivity index (χ0n) is 17.4. The quantitative estimate of drug-likeness (QED) is 0.557. The molecule has 3 N–H and O–H groups in total. The van der Waals surface area contributed by atoms with E-state index in [1.165, 1.54) is 0 Å². The molecule has 1 aliphatic rings. The lowest BCUT2D eigenvalue weighted by Gasteiger charge is -2.26. The van der Waals surface area contributed by atoms with Crippen LogP contribution in [0.2, 0.25) is 0 Å². The van der Waals surface area contributed by atoms with E-state index in [2.05, 4.69) is 25.2 Å². The number of aromatic nitrogens is 3. The molecule has 1 saturated heterocycles. The average Bonchev–Trinajstić information content (AvgIpc) is 2.81. The van der Waals surface area contributed by atoms with Gasteiger partial charge in [0.2, 0.25) is 0 Å². The molecular formula is C22H25ClN6O3. The van der Waals surface area contributed by atoms with E-state index in [0.29, 0.717) is 18.0 Å². The van der Waals surface area contributed by atoms with Crippen molar-refractivity contribution in [2.24, 2.45) is 0 Å². The molecule has 1 fully saturated rings. The van der Waals surface area contributed by atoms with Crippen LogP contribution in [0.4, 0.5) is 11.5 Å². The van der Waals surface area contributed by atoms with Crippen molar-refractivity contribution in [2.45, 2.75) is 0 Å². The fourth-order valence-electron chi connectivity index (χ4n) is 3.17. The van der Waals surface area contributed by atoms with Gasteiger partial charge in [-0.2, -0.15) is 0 Å². The van der Waals surface area contributed by atoms with Gasteiger partial charge in [0.05, 0.1) is 37.0 Å². The van der Waals surface area contributed by atoms with Crippen molar-refractivity contribution >= 4 is 29.8 Å². The summed E-state index contributed by atoms with van der Waals surface area (Å²) >= 11 is 0. The van der Waals surface area contributed by atoms with Crippen molar-refractivity contribution in [3.05, 3.63) is 60.7 Å². The Morgan fingerprint density at radius 1 is 1.16 bits per heavy atom. The number of hydrogen-bond acceptors (Lipinski definition) is 8. The summed E-state index contributed by atoms with van der Waals surface area (Å²) in [5.74, 6) is 0.395. The SMILES string of the molecule is Cl.Nc1ncc(-c2ccc(OCCN3CCOCC3)cc2)nc1C(=O)Nc1cccnc1. The number of morpholine rings is 1. The Morgan fingerprint density at radius 2 is 1.94 bits per heavy atom. The molecule has 4 rings (SSSR count). The highest BCUT2D eigenvalue weighted by atomic mass is 35.5. The molecule has 0 unspecified atom stereocenters. The van der Waals surface area contributed by atoms with Crippen LogP contribution in [-0.4, -0.2) is 65.2 Å². The van der Waals surface area contributed by atoms with Crippen molar-refractivity contribution in [3.63, 3.8) is 0 Å². The first-order chi connectivity index (χ1) is 15.2. The van der Waals surface area contributed by atoms with Gasteiger partial charge in [0.15, 0.2) is 11.5 Å². The van der Waals surface area contributed by atoms with Crippen LogP contribution < -0.4 is 15.8 Å². The third-order valence-electron chi connectivity index (χ3n) is 4.87. The largest absolute Gasteiger partial charge is 0.492 e. The smallest absolute Gasteiger partial charge is 0.278 e. The molecule has 3 heterocycles. The first-order valence-electron chi connectivity index (χ1n) is 10.1. The van der Waals surface area contributed by atoms with E-state index in [4.69, 9.17) is 15.2 Å². The fraction of sp³-hybridized carbons (Fsp3) is 0.273. The number of anilines is 2. The number of carbonyl (C=O) groups excluding carboxylic acids is 1. The van der Waals surface area contributed by atoms with Crippen LogP contribution in [0.5, 0.6) is 5.75 Å². The van der Waals surface area contributed by atoms with Crippen LogP contribution in [-0.2, 0) is 4.74 Å². The molecule has 9 nitrogen and oxygen atoms in total. The molecule has 3 aromatic rings. The molecule has 0 radical (unpaired) electrons. The summed E-state index contributed by atoms with van der Waals surface area (Å²) in [4.78, 5) is 27.4. The number of hydrogen-bond donors (Lipinski definition) is 2. The molecule has 168 valence electrons. The van der Waals surface area contributed by atoms with Gasteiger partial charge in [-0.05, 0) is 36.4 Å². The third kappa shape index (κ3) is 6.13. The number of ether oxygens (including phenoxy) is 2. The second-order valence-corrected chi connectivity index (χ2v) is 7.01. The maximum Gasteiger partial charge on any atom is 0.278 e. The Morgan fingerprint density at radius 3 is 2.66 bits per heavy atom. The molecule has 1 aliphatic heterocycles. The van der Waals surface area contributed by atoms with Gasteiger partial charge < -0.3 is 20.5 Å². The van der Waals surface area contributed by atoms with Crippen molar-refractivity contribution < 1.29 is 14.3 Å². The van der Waals surface area contributed by atoms with Crippen LogP contribution in [0.25, 0.3) is 11.3 Å². The molecule has 0 bridgehead atoms. The Balaban J connectivity index is 0.00000289. The van der Waals surface area contributed by atoms with E-state index >= 15 is 0 Å². The highest BCUT2D eigenvalue weighted by Crippen LogP contribution is 2.22. The van der Waals surface area contributed by atoms with Gasteiger partial charge in [-0.15, -0.1) is 12.4 Å². The molecule has 0 saturated carbocycles. The van der Waals surface area contributed by atoms with E-state index in [-0.39, 0.29) is 23.9 Å². The Kier molecular flexibility index (Phi) is 8.32. The van der Waals surface area contributed by atoms with E-state index < -0.39 is 5.91 Å². The molecule has 0 aliphatic carbocycles. The van der Waals surface area contributed by atoms with Crippen molar-refractivity contribution in [2.75, 3.05) is 50.5 Å². The number of amides is 1. The van der Waals surface area contributed by atoms with Crippen LogP contribution >= 0.6 is 12.4 Å². The lowest BCUT2D eigenvalue weighted by Crippen LogP contribution is -2.38. The van der Waals surface area contributed by atoms with E-state index in [1.807, 2.05) is 24.3 Å². The van der Waals surface area contributed by atoms with Crippen molar-refractivity contribution in [1.29, 1.82) is 0 Å². The summed E-state index contributed by atoms with van der Waals surface area (Å²) in [5, 5.41) is 2.72. The molecule has 1 amide bonds. The third-order valence-corrected chi connectivity index (χ3v) is 4.87. The minimum atomic E-state index is -0.442. The maximum absolute atomic E-state index is 12.6. The van der Waals surface area contributed by atoms with Gasteiger partial charge in [-0.3, -0.25) is 14.7 Å². The molecular weight excluding hydrogens is 432 g/mol. The molecule has 32 heavy (non-hydrogen) atoms. The van der Waals surface area contributed by atoms with Gasteiger partial charge in [0.1, 0.15) is 12.4 Å². The number of nitrogens with two attached hydrogens (primary N) is 1. The van der Waals surface area contributed by atoms with Gasteiger partial charge in [-0.25, -0.2) is 9.97 Å². The van der Waals surface area contributed by atoms with E-state index in [0.717, 1.165) is 44.2 Å². The maximum atomic E-state index is 12.6. The topological polar surface area (TPSA) is 115 Å². The van der Waals surface area contributed by atoms with Crippen LogP contribution in [0.15, 0.2) is 55.0 Å². The molecule has 10 heteroatoms. The Bertz CT molecular complexity index is 1010. The van der Waals surface area contributed by atoms with Gasteiger partial charge in [0, 0.05) is 31.4 Å². The summed E-state index contributed by atoms with van der Waals surface area (Å²) < 4.78 is 11.2. The number of nitrogens with zero attached hydrogens (tertiary/aromatic N) is 4. The number of benzene rings is 1. The monoisotopic (exact) mass is 456 g/mol. The molecule has 1 aromatic carbocycles. The van der Waals surface area contributed by atoms with Gasteiger partial charge in [-0.1, -0.05) is 0 Å². The molecule has 2 aromatic heterocycles. The zero-order valence-corrected chi connectivity index (χ0v) is 18.3. The Hall–Kier alpha value is -3.27. The van der Waals surface area contributed by atoms with Gasteiger partial charge in [0.25, 0.3) is 5.91 Å². The van der Waals surface area contributed by atoms with Gasteiger partial charge >= 0.3 is 0 Å². The number of nitrogen functional groups attached to an aromatic ring is 1. The lowest BCUT2D eigenvalue weighted by molar-refractivity contribution is 0.0322.